The van der Waals surface area contributed by atoms with E-state index in [1.807, 2.05) is 54.6 Å². The lowest BCUT2D eigenvalue weighted by molar-refractivity contribution is 0.0946. The van der Waals surface area contributed by atoms with Crippen molar-refractivity contribution in [2.75, 3.05) is 11.9 Å². The summed E-state index contributed by atoms with van der Waals surface area (Å²) in [6.45, 7) is 0.691. The van der Waals surface area contributed by atoms with Gasteiger partial charge < -0.3 is 10.6 Å². The van der Waals surface area contributed by atoms with Gasteiger partial charge in [-0.3, -0.25) is 4.79 Å². The van der Waals surface area contributed by atoms with Crippen molar-refractivity contribution in [3.05, 3.63) is 76.9 Å². The smallest absolute Gasteiger partial charge is 0.270 e. The summed E-state index contributed by atoms with van der Waals surface area (Å²) in [6.07, 6.45) is 2.90. The number of anilines is 1. The molecule has 0 bridgehead atoms. The molecular weight excluding hydrogens is 372 g/mol. The van der Waals surface area contributed by atoms with Crippen LogP contribution in [-0.4, -0.2) is 28.5 Å². The van der Waals surface area contributed by atoms with E-state index in [2.05, 4.69) is 20.6 Å². The van der Waals surface area contributed by atoms with Gasteiger partial charge in [0.15, 0.2) is 5.82 Å². The molecule has 1 saturated carbocycles. The first-order chi connectivity index (χ1) is 13.7. The van der Waals surface area contributed by atoms with Crippen LogP contribution in [0.4, 0.5) is 5.82 Å². The van der Waals surface area contributed by atoms with Crippen LogP contribution in [0.1, 0.15) is 28.9 Å². The Bertz CT molecular complexity index is 956. The molecule has 6 heteroatoms. The highest BCUT2D eigenvalue weighted by atomic mass is 35.5. The van der Waals surface area contributed by atoms with Crippen molar-refractivity contribution in [3.8, 4) is 11.4 Å². The molecule has 1 aliphatic rings. The molecular formula is C22H21ClN4O. The van der Waals surface area contributed by atoms with E-state index in [1.165, 1.54) is 5.56 Å². The van der Waals surface area contributed by atoms with E-state index in [-0.39, 0.29) is 11.9 Å². The van der Waals surface area contributed by atoms with E-state index in [4.69, 9.17) is 11.6 Å². The summed E-state index contributed by atoms with van der Waals surface area (Å²) in [7, 11) is 0. The van der Waals surface area contributed by atoms with Gasteiger partial charge in [-0.15, -0.1) is 0 Å². The maximum Gasteiger partial charge on any atom is 0.270 e. The number of benzene rings is 2. The molecule has 28 heavy (non-hydrogen) atoms. The molecule has 1 amide bonds. The third kappa shape index (κ3) is 4.87. The molecule has 142 valence electrons. The topological polar surface area (TPSA) is 66.9 Å². The van der Waals surface area contributed by atoms with Crippen molar-refractivity contribution < 1.29 is 4.79 Å². The minimum atomic E-state index is -0.150. The first kappa shape index (κ1) is 18.4. The molecule has 1 aromatic heterocycles. The van der Waals surface area contributed by atoms with Crippen LogP contribution in [0.3, 0.4) is 0 Å². The van der Waals surface area contributed by atoms with E-state index in [9.17, 15) is 4.79 Å². The quantitative estimate of drug-likeness (QED) is 0.627. The average Bonchev–Trinajstić information content (AvgIpc) is 3.54. The molecule has 0 saturated heterocycles. The number of halogens is 1. The molecule has 0 radical (unpaired) electrons. The third-order valence-electron chi connectivity index (χ3n) is 4.54. The van der Waals surface area contributed by atoms with Gasteiger partial charge >= 0.3 is 0 Å². The van der Waals surface area contributed by atoms with Gasteiger partial charge in [0, 0.05) is 29.2 Å². The number of hydrogen-bond acceptors (Lipinski definition) is 4. The van der Waals surface area contributed by atoms with Crippen LogP contribution >= 0.6 is 11.6 Å². The lowest BCUT2D eigenvalue weighted by Crippen LogP contribution is -2.26. The van der Waals surface area contributed by atoms with Crippen LogP contribution in [-0.2, 0) is 6.42 Å². The second kappa shape index (κ2) is 8.40. The summed E-state index contributed by atoms with van der Waals surface area (Å²) >= 11 is 5.93. The van der Waals surface area contributed by atoms with E-state index >= 15 is 0 Å². The minimum Gasteiger partial charge on any atom is -0.370 e. The zero-order valence-electron chi connectivity index (χ0n) is 15.4. The van der Waals surface area contributed by atoms with Gasteiger partial charge in [-0.1, -0.05) is 54.1 Å². The molecule has 1 heterocycles. The molecule has 2 N–H and O–H groups in total. The normalized spacial score (nSPS) is 13.2. The summed E-state index contributed by atoms with van der Waals surface area (Å²) in [5.41, 5.74) is 2.44. The number of amides is 1. The standard InChI is InChI=1S/C22H21ClN4O/c23-17-8-6-15(7-9-17)12-13-24-20-14-19(22(28)25-18-10-11-18)26-21(27-20)16-4-2-1-3-5-16/h1-9,14,18H,10-13H2,(H,25,28)(H,24,26,27). The Kier molecular flexibility index (Phi) is 5.53. The van der Waals surface area contributed by atoms with Gasteiger partial charge in [0.25, 0.3) is 5.91 Å². The molecule has 0 spiro atoms. The highest BCUT2D eigenvalue weighted by Crippen LogP contribution is 2.21. The van der Waals surface area contributed by atoms with Crippen molar-refractivity contribution in [1.82, 2.24) is 15.3 Å². The minimum absolute atomic E-state index is 0.150. The lowest BCUT2D eigenvalue weighted by atomic mass is 10.1. The van der Waals surface area contributed by atoms with Crippen LogP contribution in [0.15, 0.2) is 60.7 Å². The third-order valence-corrected chi connectivity index (χ3v) is 4.79. The van der Waals surface area contributed by atoms with Crippen molar-refractivity contribution in [1.29, 1.82) is 0 Å². The average molecular weight is 393 g/mol. The van der Waals surface area contributed by atoms with Crippen molar-refractivity contribution >= 4 is 23.3 Å². The fourth-order valence-corrected chi connectivity index (χ4v) is 2.97. The Morgan fingerprint density at radius 3 is 2.50 bits per heavy atom. The maximum atomic E-state index is 12.5. The van der Waals surface area contributed by atoms with Crippen LogP contribution in [0, 0.1) is 0 Å². The number of nitrogens with zero attached hydrogens (tertiary/aromatic N) is 2. The Labute approximate surface area is 169 Å². The molecule has 0 aliphatic heterocycles. The second-order valence-electron chi connectivity index (χ2n) is 6.88. The molecule has 4 rings (SSSR count). The summed E-state index contributed by atoms with van der Waals surface area (Å²) in [5, 5.41) is 7.04. The van der Waals surface area contributed by atoms with Crippen molar-refractivity contribution in [3.63, 3.8) is 0 Å². The zero-order chi connectivity index (χ0) is 19.3. The van der Waals surface area contributed by atoms with Gasteiger partial charge in [-0.05, 0) is 37.0 Å². The number of carbonyl (C=O) groups excluding carboxylic acids is 1. The van der Waals surface area contributed by atoms with Crippen molar-refractivity contribution in [2.45, 2.75) is 25.3 Å². The van der Waals surface area contributed by atoms with Crippen LogP contribution < -0.4 is 10.6 Å². The summed E-state index contributed by atoms with van der Waals surface area (Å²) < 4.78 is 0. The highest BCUT2D eigenvalue weighted by molar-refractivity contribution is 6.30. The van der Waals surface area contributed by atoms with E-state index in [1.54, 1.807) is 6.07 Å². The van der Waals surface area contributed by atoms with E-state index in [0.29, 0.717) is 23.9 Å². The van der Waals surface area contributed by atoms with Gasteiger partial charge in [0.2, 0.25) is 0 Å². The number of nitrogens with one attached hydrogen (secondary N) is 2. The monoisotopic (exact) mass is 392 g/mol. The molecule has 1 aliphatic carbocycles. The molecule has 5 nitrogen and oxygen atoms in total. The molecule has 0 unspecified atom stereocenters. The Morgan fingerprint density at radius 1 is 1.04 bits per heavy atom. The fraction of sp³-hybridized carbons (Fsp3) is 0.227. The fourth-order valence-electron chi connectivity index (χ4n) is 2.84. The first-order valence-corrected chi connectivity index (χ1v) is 9.79. The number of hydrogen-bond donors (Lipinski definition) is 2. The molecule has 1 fully saturated rings. The number of aromatic nitrogens is 2. The summed E-state index contributed by atoms with van der Waals surface area (Å²) in [6, 6.07) is 19.5. The van der Waals surface area contributed by atoms with E-state index in [0.717, 1.165) is 29.8 Å². The zero-order valence-corrected chi connectivity index (χ0v) is 16.1. The number of rotatable bonds is 7. The van der Waals surface area contributed by atoms with Crippen LogP contribution in [0.2, 0.25) is 5.02 Å². The largest absolute Gasteiger partial charge is 0.370 e. The van der Waals surface area contributed by atoms with Gasteiger partial charge in [0.1, 0.15) is 11.5 Å². The summed E-state index contributed by atoms with van der Waals surface area (Å²) in [4.78, 5) is 21.6. The predicted octanol–water partition coefficient (Wildman–Crippen LogP) is 4.34. The molecule has 0 atom stereocenters. The Morgan fingerprint density at radius 2 is 1.79 bits per heavy atom. The van der Waals surface area contributed by atoms with Gasteiger partial charge in [-0.25, -0.2) is 9.97 Å². The molecule has 3 aromatic rings. The summed E-state index contributed by atoms with van der Waals surface area (Å²) in [5.74, 6) is 1.03. The van der Waals surface area contributed by atoms with Crippen LogP contribution in [0.5, 0.6) is 0 Å². The molecule has 2 aromatic carbocycles. The van der Waals surface area contributed by atoms with Gasteiger partial charge in [0.05, 0.1) is 0 Å². The van der Waals surface area contributed by atoms with Crippen molar-refractivity contribution in [2.24, 2.45) is 0 Å². The van der Waals surface area contributed by atoms with E-state index < -0.39 is 0 Å². The first-order valence-electron chi connectivity index (χ1n) is 9.41. The Balaban J connectivity index is 1.52. The van der Waals surface area contributed by atoms with Crippen LogP contribution in [0.25, 0.3) is 11.4 Å². The maximum absolute atomic E-state index is 12.5. The number of carbonyl (C=O) groups is 1. The SMILES string of the molecule is O=C(NC1CC1)c1cc(NCCc2ccc(Cl)cc2)nc(-c2ccccc2)n1. The second-order valence-corrected chi connectivity index (χ2v) is 7.32. The lowest BCUT2D eigenvalue weighted by Gasteiger charge is -2.11. The van der Waals surface area contributed by atoms with Gasteiger partial charge in [-0.2, -0.15) is 0 Å². The predicted molar refractivity (Wildman–Crippen MR) is 112 cm³/mol. The highest BCUT2D eigenvalue weighted by Gasteiger charge is 2.25. The Hall–Kier alpha value is -2.92.